The predicted molar refractivity (Wildman–Crippen MR) is 153 cm³/mol. The lowest BCUT2D eigenvalue weighted by Gasteiger charge is -2.32. The van der Waals surface area contributed by atoms with Crippen LogP contribution in [0.2, 0.25) is 0 Å². The van der Waals surface area contributed by atoms with Gasteiger partial charge in [0.25, 0.3) is 10.0 Å². The first kappa shape index (κ1) is 29.7. The quantitative estimate of drug-likeness (QED) is 0.360. The summed E-state index contributed by atoms with van der Waals surface area (Å²) < 4.78 is 33.8. The molecule has 3 aromatic rings. The Labute approximate surface area is 231 Å². The second-order valence-electron chi connectivity index (χ2n) is 9.84. The summed E-state index contributed by atoms with van der Waals surface area (Å²) in [6, 6.07) is 21.3. The van der Waals surface area contributed by atoms with Gasteiger partial charge < -0.3 is 15.0 Å². The third-order valence-electron chi connectivity index (χ3n) is 6.30. The number of aryl methyl sites for hydroxylation is 1. The van der Waals surface area contributed by atoms with Gasteiger partial charge in [-0.15, -0.1) is 0 Å². The van der Waals surface area contributed by atoms with Gasteiger partial charge in [0, 0.05) is 13.1 Å². The molecular formula is C30H37N3O5S. The van der Waals surface area contributed by atoms with Crippen LogP contribution in [-0.4, -0.2) is 51.4 Å². The van der Waals surface area contributed by atoms with Crippen LogP contribution in [0.5, 0.6) is 5.75 Å². The molecule has 39 heavy (non-hydrogen) atoms. The zero-order valence-corrected chi connectivity index (χ0v) is 23.9. The maximum absolute atomic E-state index is 13.9. The molecule has 0 spiro atoms. The van der Waals surface area contributed by atoms with Crippen molar-refractivity contribution in [1.29, 1.82) is 0 Å². The fraction of sp³-hybridized carbons (Fsp3) is 0.333. The smallest absolute Gasteiger partial charge is 0.264 e. The lowest BCUT2D eigenvalue weighted by Crippen LogP contribution is -2.51. The molecule has 0 aliphatic rings. The van der Waals surface area contributed by atoms with Crippen LogP contribution in [0.3, 0.4) is 0 Å². The van der Waals surface area contributed by atoms with Gasteiger partial charge >= 0.3 is 0 Å². The molecule has 208 valence electrons. The number of anilines is 1. The first-order valence-electron chi connectivity index (χ1n) is 12.9. The van der Waals surface area contributed by atoms with E-state index in [0.717, 1.165) is 15.4 Å². The zero-order valence-electron chi connectivity index (χ0n) is 23.1. The number of hydrogen-bond acceptors (Lipinski definition) is 5. The average Bonchev–Trinajstić information content (AvgIpc) is 2.94. The molecule has 0 aliphatic heterocycles. The van der Waals surface area contributed by atoms with Crippen molar-refractivity contribution < 1.29 is 22.7 Å². The first-order chi connectivity index (χ1) is 18.5. The number of amides is 2. The van der Waals surface area contributed by atoms with Crippen LogP contribution in [0.15, 0.2) is 83.8 Å². The second kappa shape index (κ2) is 13.3. The lowest BCUT2D eigenvalue weighted by atomic mass is 10.1. The maximum atomic E-state index is 13.9. The number of nitrogens with zero attached hydrogens (tertiary/aromatic N) is 2. The largest absolute Gasteiger partial charge is 0.497 e. The molecule has 0 bridgehead atoms. The Morgan fingerprint density at radius 3 is 2.08 bits per heavy atom. The summed E-state index contributed by atoms with van der Waals surface area (Å²) in [6.07, 6.45) is 0. The fourth-order valence-electron chi connectivity index (χ4n) is 3.92. The normalized spacial score (nSPS) is 12.1. The van der Waals surface area contributed by atoms with Gasteiger partial charge in [-0.3, -0.25) is 13.9 Å². The number of carbonyl (C=O) groups excluding carboxylic acids is 2. The molecule has 1 unspecified atom stereocenters. The summed E-state index contributed by atoms with van der Waals surface area (Å²) in [4.78, 5) is 28.4. The van der Waals surface area contributed by atoms with Gasteiger partial charge in [-0.1, -0.05) is 61.9 Å². The molecule has 9 heteroatoms. The Hall–Kier alpha value is -3.85. The molecule has 8 nitrogen and oxygen atoms in total. The molecule has 1 atom stereocenters. The molecule has 0 aliphatic carbocycles. The third-order valence-corrected chi connectivity index (χ3v) is 8.08. The number of hydrogen-bond donors (Lipinski definition) is 1. The highest BCUT2D eigenvalue weighted by Crippen LogP contribution is 2.26. The van der Waals surface area contributed by atoms with Crippen molar-refractivity contribution in [1.82, 2.24) is 10.2 Å². The molecule has 0 saturated heterocycles. The minimum absolute atomic E-state index is 0.0569. The van der Waals surface area contributed by atoms with Gasteiger partial charge in [0.1, 0.15) is 18.3 Å². The zero-order chi connectivity index (χ0) is 28.6. The fourth-order valence-corrected chi connectivity index (χ4v) is 5.36. The Balaban J connectivity index is 1.99. The summed E-state index contributed by atoms with van der Waals surface area (Å²) in [6.45, 7) is 7.73. The monoisotopic (exact) mass is 551 g/mol. The molecule has 0 radical (unpaired) electrons. The number of rotatable bonds is 12. The molecule has 1 N–H and O–H groups in total. The van der Waals surface area contributed by atoms with Gasteiger partial charge in [-0.05, 0) is 61.7 Å². The maximum Gasteiger partial charge on any atom is 0.264 e. The number of ether oxygens (including phenoxy) is 1. The van der Waals surface area contributed by atoms with Gasteiger partial charge in [-0.2, -0.15) is 0 Å². The number of methoxy groups -OCH3 is 1. The van der Waals surface area contributed by atoms with Gasteiger partial charge in [-0.25, -0.2) is 8.42 Å². The minimum Gasteiger partial charge on any atom is -0.497 e. The van der Waals surface area contributed by atoms with E-state index in [1.165, 1.54) is 24.1 Å². The van der Waals surface area contributed by atoms with Crippen LogP contribution < -0.4 is 14.4 Å². The van der Waals surface area contributed by atoms with Crippen molar-refractivity contribution in [2.45, 2.75) is 45.2 Å². The van der Waals surface area contributed by atoms with E-state index in [-0.39, 0.29) is 23.3 Å². The van der Waals surface area contributed by atoms with Crippen LogP contribution in [0.1, 0.15) is 31.9 Å². The summed E-state index contributed by atoms with van der Waals surface area (Å²) in [5.41, 5.74) is 2.21. The SMILES string of the molecule is COc1ccc(N(CC(=O)N(Cc2ccc(C)cc2)C(C)C(=O)NCC(C)C)S(=O)(=O)c2ccccc2)cc1. The van der Waals surface area contributed by atoms with Crippen molar-refractivity contribution in [3.05, 3.63) is 90.0 Å². The van der Waals surface area contributed by atoms with Crippen molar-refractivity contribution in [3.8, 4) is 5.75 Å². The average molecular weight is 552 g/mol. The highest BCUT2D eigenvalue weighted by atomic mass is 32.2. The van der Waals surface area contributed by atoms with Crippen molar-refractivity contribution in [2.75, 3.05) is 24.5 Å². The van der Waals surface area contributed by atoms with E-state index in [1.807, 2.05) is 45.0 Å². The molecule has 0 heterocycles. The standard InChI is InChI=1S/C30H37N3O5S/c1-22(2)19-31-30(35)24(4)32(20-25-13-11-23(3)12-14-25)29(34)21-33(26-15-17-27(38-5)18-16-26)39(36,37)28-9-7-6-8-10-28/h6-18,22,24H,19-21H2,1-5H3,(H,31,35). The van der Waals surface area contributed by atoms with E-state index in [9.17, 15) is 18.0 Å². The summed E-state index contributed by atoms with van der Waals surface area (Å²) in [5.74, 6) is -0.00766. The molecule has 3 aromatic carbocycles. The van der Waals surface area contributed by atoms with E-state index in [0.29, 0.717) is 18.0 Å². The summed E-state index contributed by atoms with van der Waals surface area (Å²) >= 11 is 0. The van der Waals surface area contributed by atoms with Crippen molar-refractivity contribution >= 4 is 27.5 Å². The van der Waals surface area contributed by atoms with Gasteiger partial charge in [0.15, 0.2) is 0 Å². The molecule has 0 fully saturated rings. The summed E-state index contributed by atoms with van der Waals surface area (Å²) in [7, 11) is -2.58. The molecular weight excluding hydrogens is 514 g/mol. The van der Waals surface area contributed by atoms with Gasteiger partial charge in [0.05, 0.1) is 17.7 Å². The van der Waals surface area contributed by atoms with E-state index in [2.05, 4.69) is 5.32 Å². The second-order valence-corrected chi connectivity index (χ2v) is 11.7. The van der Waals surface area contributed by atoms with E-state index in [4.69, 9.17) is 4.74 Å². The highest BCUT2D eigenvalue weighted by molar-refractivity contribution is 7.92. The Kier molecular flexibility index (Phi) is 10.1. The number of nitrogens with one attached hydrogen (secondary N) is 1. The van der Waals surface area contributed by atoms with E-state index >= 15 is 0 Å². The third kappa shape index (κ3) is 7.83. The topological polar surface area (TPSA) is 96.0 Å². The van der Waals surface area contributed by atoms with Crippen LogP contribution in [0.25, 0.3) is 0 Å². The minimum atomic E-state index is -4.10. The molecule has 0 saturated carbocycles. The summed E-state index contributed by atoms with van der Waals surface area (Å²) in [5, 5.41) is 2.89. The molecule has 3 rings (SSSR count). The van der Waals surface area contributed by atoms with E-state index < -0.39 is 28.5 Å². The van der Waals surface area contributed by atoms with Crippen LogP contribution in [0.4, 0.5) is 5.69 Å². The first-order valence-corrected chi connectivity index (χ1v) is 14.3. The highest BCUT2D eigenvalue weighted by Gasteiger charge is 2.32. The number of benzene rings is 3. The van der Waals surface area contributed by atoms with Gasteiger partial charge in [0.2, 0.25) is 11.8 Å². The Morgan fingerprint density at radius 1 is 0.897 bits per heavy atom. The van der Waals surface area contributed by atoms with E-state index in [1.54, 1.807) is 49.4 Å². The number of sulfonamides is 1. The van der Waals surface area contributed by atoms with Crippen LogP contribution in [-0.2, 0) is 26.2 Å². The van der Waals surface area contributed by atoms with Crippen molar-refractivity contribution in [3.63, 3.8) is 0 Å². The Bertz CT molecular complexity index is 1340. The van der Waals surface area contributed by atoms with Crippen LogP contribution in [0, 0.1) is 12.8 Å². The Morgan fingerprint density at radius 2 is 1.51 bits per heavy atom. The molecule has 0 aromatic heterocycles. The van der Waals surface area contributed by atoms with Crippen LogP contribution >= 0.6 is 0 Å². The lowest BCUT2D eigenvalue weighted by molar-refractivity contribution is -0.139. The molecule has 2 amide bonds. The van der Waals surface area contributed by atoms with Crippen molar-refractivity contribution in [2.24, 2.45) is 5.92 Å². The predicted octanol–water partition coefficient (Wildman–Crippen LogP) is 4.39. The number of carbonyl (C=O) groups is 2.